The molecule has 7 nitrogen and oxygen atoms in total. The third-order valence-corrected chi connectivity index (χ3v) is 3.24. The SMILES string of the molecule is O=C(O)c1ccc(S(=O)(=O)Nc2ccncc2)o1. The molecule has 0 aliphatic rings. The van der Waals surface area contributed by atoms with Crippen LogP contribution in [-0.2, 0) is 10.0 Å². The van der Waals surface area contributed by atoms with Crippen molar-refractivity contribution in [2.45, 2.75) is 5.09 Å². The van der Waals surface area contributed by atoms with Gasteiger partial charge >= 0.3 is 5.97 Å². The standard InChI is InChI=1S/C10H8N2O5S/c13-10(14)8-1-2-9(17-8)18(15,16)12-7-3-5-11-6-4-7/h1-6H,(H,11,12)(H,13,14). The Morgan fingerprint density at radius 2 is 1.89 bits per heavy atom. The van der Waals surface area contributed by atoms with Crippen LogP contribution in [0.1, 0.15) is 10.6 Å². The molecule has 0 aliphatic carbocycles. The summed E-state index contributed by atoms with van der Waals surface area (Å²) in [5, 5.41) is 8.17. The highest BCUT2D eigenvalue weighted by Gasteiger charge is 2.20. The van der Waals surface area contributed by atoms with Gasteiger partial charge < -0.3 is 9.52 Å². The summed E-state index contributed by atoms with van der Waals surface area (Å²) in [7, 11) is -3.93. The number of hydrogen-bond acceptors (Lipinski definition) is 5. The van der Waals surface area contributed by atoms with Crippen LogP contribution in [0.4, 0.5) is 5.69 Å². The Kier molecular flexibility index (Phi) is 3.02. The number of hydrogen-bond donors (Lipinski definition) is 2. The zero-order valence-corrected chi connectivity index (χ0v) is 9.72. The molecule has 0 saturated heterocycles. The second-order valence-corrected chi connectivity index (χ2v) is 4.88. The monoisotopic (exact) mass is 268 g/mol. The maximum absolute atomic E-state index is 11.8. The van der Waals surface area contributed by atoms with Crippen LogP contribution in [0.25, 0.3) is 0 Å². The largest absolute Gasteiger partial charge is 0.475 e. The first-order chi connectivity index (χ1) is 8.49. The van der Waals surface area contributed by atoms with Crippen LogP contribution in [0.2, 0.25) is 0 Å². The van der Waals surface area contributed by atoms with Crippen LogP contribution >= 0.6 is 0 Å². The van der Waals surface area contributed by atoms with E-state index in [1.165, 1.54) is 24.5 Å². The van der Waals surface area contributed by atoms with Crippen molar-refractivity contribution in [2.75, 3.05) is 4.72 Å². The molecule has 18 heavy (non-hydrogen) atoms. The molecule has 0 aromatic carbocycles. The Balaban J connectivity index is 2.28. The molecule has 0 aliphatic heterocycles. The molecular formula is C10H8N2O5S. The summed E-state index contributed by atoms with van der Waals surface area (Å²) in [5.41, 5.74) is 0.304. The quantitative estimate of drug-likeness (QED) is 0.861. The number of rotatable bonds is 4. The number of sulfonamides is 1. The first-order valence-corrected chi connectivity index (χ1v) is 6.23. The Hall–Kier alpha value is -2.35. The topological polar surface area (TPSA) is 110 Å². The number of carboxylic acids is 1. The van der Waals surface area contributed by atoms with E-state index in [1.54, 1.807) is 0 Å². The van der Waals surface area contributed by atoms with Crippen LogP contribution in [0.3, 0.4) is 0 Å². The Morgan fingerprint density at radius 1 is 1.22 bits per heavy atom. The number of pyridine rings is 1. The van der Waals surface area contributed by atoms with E-state index in [2.05, 4.69) is 9.71 Å². The van der Waals surface area contributed by atoms with Crippen molar-refractivity contribution < 1.29 is 22.7 Å². The number of aromatic nitrogens is 1. The van der Waals surface area contributed by atoms with Gasteiger partial charge in [-0.2, -0.15) is 8.42 Å². The number of nitrogens with one attached hydrogen (secondary N) is 1. The number of aromatic carboxylic acids is 1. The average Bonchev–Trinajstić information content (AvgIpc) is 2.79. The van der Waals surface area contributed by atoms with Crippen molar-refractivity contribution >= 4 is 21.7 Å². The lowest BCUT2D eigenvalue weighted by molar-refractivity contribution is 0.0656. The molecule has 2 rings (SSSR count). The van der Waals surface area contributed by atoms with Crippen LogP contribution in [-0.4, -0.2) is 24.5 Å². The third-order valence-electron chi connectivity index (χ3n) is 1.99. The van der Waals surface area contributed by atoms with Gasteiger partial charge in [-0.1, -0.05) is 0 Å². The molecule has 0 radical (unpaired) electrons. The molecule has 0 spiro atoms. The van der Waals surface area contributed by atoms with Gasteiger partial charge in [0, 0.05) is 12.4 Å². The molecule has 2 N–H and O–H groups in total. The Labute approximate surface area is 102 Å². The van der Waals surface area contributed by atoms with Crippen LogP contribution in [0.5, 0.6) is 0 Å². The smallest absolute Gasteiger partial charge is 0.371 e. The van der Waals surface area contributed by atoms with Gasteiger partial charge in [0.1, 0.15) is 0 Å². The van der Waals surface area contributed by atoms with E-state index in [9.17, 15) is 13.2 Å². The average molecular weight is 268 g/mol. The molecule has 0 saturated carbocycles. The lowest BCUT2D eigenvalue weighted by Crippen LogP contribution is -2.12. The first kappa shape index (κ1) is 12.1. The molecular weight excluding hydrogens is 260 g/mol. The Morgan fingerprint density at radius 3 is 2.44 bits per heavy atom. The highest BCUT2D eigenvalue weighted by atomic mass is 32.2. The molecule has 0 bridgehead atoms. The highest BCUT2D eigenvalue weighted by molar-refractivity contribution is 7.92. The van der Waals surface area contributed by atoms with Crippen molar-refractivity contribution in [2.24, 2.45) is 0 Å². The maximum Gasteiger partial charge on any atom is 0.371 e. The second kappa shape index (κ2) is 4.49. The molecule has 94 valence electrons. The molecule has 0 amide bonds. The fourth-order valence-electron chi connectivity index (χ4n) is 1.20. The van der Waals surface area contributed by atoms with Gasteiger partial charge in [-0.05, 0) is 24.3 Å². The summed E-state index contributed by atoms with van der Waals surface area (Å²) in [4.78, 5) is 14.3. The van der Waals surface area contributed by atoms with Gasteiger partial charge in [0.05, 0.1) is 5.69 Å². The fourth-order valence-corrected chi connectivity index (χ4v) is 2.20. The third kappa shape index (κ3) is 2.48. The maximum atomic E-state index is 11.8. The van der Waals surface area contributed by atoms with Gasteiger partial charge in [0.15, 0.2) is 0 Å². The van der Waals surface area contributed by atoms with Gasteiger partial charge in [0.2, 0.25) is 10.9 Å². The zero-order chi connectivity index (χ0) is 13.2. The van der Waals surface area contributed by atoms with Crippen molar-refractivity contribution in [3.8, 4) is 0 Å². The van der Waals surface area contributed by atoms with E-state index in [1.807, 2.05) is 0 Å². The molecule has 2 aromatic heterocycles. The van der Waals surface area contributed by atoms with Crippen LogP contribution in [0.15, 0.2) is 46.2 Å². The van der Waals surface area contributed by atoms with Crippen molar-refractivity contribution in [1.29, 1.82) is 0 Å². The summed E-state index contributed by atoms with van der Waals surface area (Å²) < 4.78 is 30.6. The number of carboxylic acid groups (broad SMARTS) is 1. The Bertz CT molecular complexity index is 663. The summed E-state index contributed by atoms with van der Waals surface area (Å²) >= 11 is 0. The summed E-state index contributed by atoms with van der Waals surface area (Å²) in [6.07, 6.45) is 2.84. The number of nitrogens with zero attached hydrogens (tertiary/aromatic N) is 1. The van der Waals surface area contributed by atoms with E-state index >= 15 is 0 Å². The normalized spacial score (nSPS) is 11.1. The van der Waals surface area contributed by atoms with E-state index in [0.717, 1.165) is 12.1 Å². The van der Waals surface area contributed by atoms with E-state index < -0.39 is 26.8 Å². The molecule has 8 heteroatoms. The fraction of sp³-hybridized carbons (Fsp3) is 0. The lowest BCUT2D eigenvalue weighted by Gasteiger charge is -2.04. The van der Waals surface area contributed by atoms with Gasteiger partial charge in [-0.3, -0.25) is 9.71 Å². The minimum atomic E-state index is -3.93. The van der Waals surface area contributed by atoms with E-state index in [4.69, 9.17) is 9.52 Å². The van der Waals surface area contributed by atoms with Crippen molar-refractivity contribution in [1.82, 2.24) is 4.98 Å². The number of anilines is 1. The molecule has 2 heterocycles. The van der Waals surface area contributed by atoms with Crippen LogP contribution < -0.4 is 4.72 Å². The lowest BCUT2D eigenvalue weighted by atomic mass is 10.4. The van der Waals surface area contributed by atoms with E-state index in [0.29, 0.717) is 5.69 Å². The molecule has 0 fully saturated rings. The molecule has 0 unspecified atom stereocenters. The zero-order valence-electron chi connectivity index (χ0n) is 8.90. The van der Waals surface area contributed by atoms with Crippen molar-refractivity contribution in [3.05, 3.63) is 42.4 Å². The van der Waals surface area contributed by atoms with E-state index in [-0.39, 0.29) is 0 Å². The molecule has 2 aromatic rings. The predicted molar refractivity (Wildman–Crippen MR) is 60.7 cm³/mol. The minimum absolute atomic E-state index is 0.304. The summed E-state index contributed by atoms with van der Waals surface area (Å²) in [5.74, 6) is -1.77. The van der Waals surface area contributed by atoms with Crippen molar-refractivity contribution in [3.63, 3.8) is 0 Å². The highest BCUT2D eigenvalue weighted by Crippen LogP contribution is 2.17. The summed E-state index contributed by atoms with van der Waals surface area (Å²) in [6.45, 7) is 0. The van der Waals surface area contributed by atoms with Gasteiger partial charge in [-0.15, -0.1) is 0 Å². The van der Waals surface area contributed by atoms with Crippen LogP contribution in [0, 0.1) is 0 Å². The first-order valence-electron chi connectivity index (χ1n) is 4.75. The number of furan rings is 1. The number of carbonyl (C=O) groups is 1. The second-order valence-electron chi connectivity index (χ2n) is 3.27. The minimum Gasteiger partial charge on any atom is -0.475 e. The molecule has 0 atom stereocenters. The summed E-state index contributed by atoms with van der Waals surface area (Å²) in [6, 6.07) is 5.06. The predicted octanol–water partition coefficient (Wildman–Crippen LogP) is 1.17. The van der Waals surface area contributed by atoms with Gasteiger partial charge in [-0.25, -0.2) is 4.79 Å². The van der Waals surface area contributed by atoms with Gasteiger partial charge in [0.25, 0.3) is 10.0 Å².